The van der Waals surface area contributed by atoms with Crippen molar-refractivity contribution in [3.8, 4) is 11.4 Å². The summed E-state index contributed by atoms with van der Waals surface area (Å²) in [4.78, 5) is 18.7. The minimum atomic E-state index is -0.490. The third-order valence-electron chi connectivity index (χ3n) is 2.73. The maximum atomic E-state index is 13.6. The molecule has 1 N–H and O–H groups in total. The van der Waals surface area contributed by atoms with Crippen LogP contribution in [-0.4, -0.2) is 9.97 Å². The van der Waals surface area contributed by atoms with Gasteiger partial charge in [0.15, 0.2) is 0 Å². The lowest BCUT2D eigenvalue weighted by Gasteiger charge is -2.03. The molecule has 0 amide bonds. The highest BCUT2D eigenvalue weighted by atomic mass is 19.1. The topological polar surface area (TPSA) is 45.8 Å². The lowest BCUT2D eigenvalue weighted by atomic mass is 10.2. The highest BCUT2D eigenvalue weighted by Gasteiger charge is 2.08. The number of rotatable bonds is 1. The first-order valence-corrected chi connectivity index (χ1v) is 5.50. The number of hydrogen-bond donors (Lipinski definition) is 1. The Hall–Kier alpha value is -2.49. The van der Waals surface area contributed by atoms with E-state index in [4.69, 9.17) is 0 Å². The number of hydrogen-bond acceptors (Lipinski definition) is 2. The molecule has 3 aromatic rings. The Morgan fingerprint density at radius 2 is 1.78 bits per heavy atom. The van der Waals surface area contributed by atoms with Gasteiger partial charge in [-0.1, -0.05) is 36.4 Å². The second-order valence-corrected chi connectivity index (χ2v) is 3.92. The molecule has 0 bridgehead atoms. The van der Waals surface area contributed by atoms with Crippen LogP contribution in [0.15, 0.2) is 53.3 Å². The van der Waals surface area contributed by atoms with E-state index in [-0.39, 0.29) is 16.5 Å². The predicted molar refractivity (Wildman–Crippen MR) is 67.8 cm³/mol. The van der Waals surface area contributed by atoms with Gasteiger partial charge in [-0.05, 0) is 12.1 Å². The van der Waals surface area contributed by atoms with Crippen LogP contribution in [0.4, 0.5) is 4.39 Å². The van der Waals surface area contributed by atoms with Crippen LogP contribution in [-0.2, 0) is 0 Å². The van der Waals surface area contributed by atoms with Gasteiger partial charge in [-0.25, -0.2) is 9.37 Å². The minimum absolute atomic E-state index is 0.0973. The van der Waals surface area contributed by atoms with Gasteiger partial charge in [0.1, 0.15) is 17.2 Å². The van der Waals surface area contributed by atoms with Crippen LogP contribution in [0.2, 0.25) is 0 Å². The van der Waals surface area contributed by atoms with Crippen LogP contribution in [0.5, 0.6) is 0 Å². The first-order valence-electron chi connectivity index (χ1n) is 5.50. The Labute approximate surface area is 102 Å². The zero-order valence-corrected chi connectivity index (χ0v) is 9.35. The predicted octanol–water partition coefficient (Wildman–Crippen LogP) is 2.73. The molecule has 1 aromatic heterocycles. The zero-order chi connectivity index (χ0) is 12.5. The van der Waals surface area contributed by atoms with Crippen molar-refractivity contribution in [2.45, 2.75) is 0 Å². The molecule has 18 heavy (non-hydrogen) atoms. The fourth-order valence-corrected chi connectivity index (χ4v) is 1.86. The largest absolute Gasteiger partial charge is 0.306 e. The second kappa shape index (κ2) is 4.07. The molecule has 3 nitrogen and oxygen atoms in total. The quantitative estimate of drug-likeness (QED) is 0.710. The molecule has 0 aliphatic heterocycles. The van der Waals surface area contributed by atoms with E-state index in [1.165, 1.54) is 12.1 Å². The molecule has 0 aliphatic rings. The fraction of sp³-hybridized carbons (Fsp3) is 0. The monoisotopic (exact) mass is 240 g/mol. The van der Waals surface area contributed by atoms with E-state index in [1.54, 1.807) is 6.07 Å². The third kappa shape index (κ3) is 1.68. The molecular weight excluding hydrogens is 231 g/mol. The molecule has 0 unspecified atom stereocenters. The van der Waals surface area contributed by atoms with Crippen molar-refractivity contribution in [3.63, 3.8) is 0 Å². The summed E-state index contributed by atoms with van der Waals surface area (Å²) < 4.78 is 13.6. The van der Waals surface area contributed by atoms with Crippen molar-refractivity contribution in [2.75, 3.05) is 0 Å². The number of fused-ring (bicyclic) bond motifs is 1. The molecule has 0 fully saturated rings. The molecule has 1 heterocycles. The second-order valence-electron chi connectivity index (χ2n) is 3.92. The van der Waals surface area contributed by atoms with E-state index in [2.05, 4.69) is 9.97 Å². The molecular formula is C14H9FN2O. The first kappa shape index (κ1) is 10.7. The summed E-state index contributed by atoms with van der Waals surface area (Å²) in [5.74, 6) is -0.117. The molecule has 0 radical (unpaired) electrons. The Morgan fingerprint density at radius 1 is 1.00 bits per heavy atom. The summed E-state index contributed by atoms with van der Waals surface area (Å²) in [5, 5.41) is 0.259. The molecule has 3 rings (SSSR count). The first-order chi connectivity index (χ1) is 8.75. The van der Waals surface area contributed by atoms with E-state index in [0.29, 0.717) is 5.82 Å². The molecule has 2 aromatic carbocycles. The van der Waals surface area contributed by atoms with Crippen LogP contribution < -0.4 is 5.56 Å². The van der Waals surface area contributed by atoms with Crippen molar-refractivity contribution >= 4 is 10.9 Å². The maximum absolute atomic E-state index is 13.6. The van der Waals surface area contributed by atoms with E-state index in [0.717, 1.165) is 5.56 Å². The average molecular weight is 240 g/mol. The lowest BCUT2D eigenvalue weighted by molar-refractivity contribution is 0.636. The Kier molecular flexibility index (Phi) is 2.41. The molecule has 0 spiro atoms. The lowest BCUT2D eigenvalue weighted by Crippen LogP contribution is -2.10. The van der Waals surface area contributed by atoms with E-state index in [1.807, 2.05) is 30.3 Å². The summed E-state index contributed by atoms with van der Waals surface area (Å²) in [6, 6.07) is 13.5. The van der Waals surface area contributed by atoms with Gasteiger partial charge in [-0.15, -0.1) is 0 Å². The standard InChI is InChI=1S/C14H9FN2O/c15-11-8-4-7-10-12(11)16-13(17-14(10)18)9-5-2-1-3-6-9/h1-8H,(H,16,17,18). The molecule has 4 heteroatoms. The number of H-pyrrole nitrogens is 1. The summed E-state index contributed by atoms with van der Waals surface area (Å²) in [5.41, 5.74) is 0.512. The van der Waals surface area contributed by atoms with Gasteiger partial charge in [-0.3, -0.25) is 4.79 Å². The summed E-state index contributed by atoms with van der Waals surface area (Å²) >= 11 is 0. The number of benzene rings is 2. The van der Waals surface area contributed by atoms with Gasteiger partial charge in [0.05, 0.1) is 5.39 Å². The van der Waals surface area contributed by atoms with Crippen LogP contribution in [0, 0.1) is 5.82 Å². The van der Waals surface area contributed by atoms with Gasteiger partial charge in [-0.2, -0.15) is 0 Å². The van der Waals surface area contributed by atoms with Gasteiger partial charge in [0.2, 0.25) is 0 Å². The van der Waals surface area contributed by atoms with Crippen LogP contribution in [0.3, 0.4) is 0 Å². The summed E-state index contributed by atoms with van der Waals surface area (Å²) in [6.45, 7) is 0. The van der Waals surface area contributed by atoms with E-state index < -0.39 is 5.82 Å². The van der Waals surface area contributed by atoms with E-state index >= 15 is 0 Å². The van der Waals surface area contributed by atoms with Gasteiger partial charge < -0.3 is 4.98 Å². The SMILES string of the molecule is O=c1[nH]c(-c2ccccc2)nc2c(F)cccc12. The maximum Gasteiger partial charge on any atom is 0.259 e. The highest BCUT2D eigenvalue weighted by Crippen LogP contribution is 2.17. The van der Waals surface area contributed by atoms with Crippen molar-refractivity contribution < 1.29 is 4.39 Å². The molecule has 88 valence electrons. The smallest absolute Gasteiger partial charge is 0.259 e. The average Bonchev–Trinajstić information content (AvgIpc) is 2.41. The third-order valence-corrected chi connectivity index (χ3v) is 2.73. The minimum Gasteiger partial charge on any atom is -0.306 e. The van der Waals surface area contributed by atoms with Gasteiger partial charge in [0.25, 0.3) is 5.56 Å². The van der Waals surface area contributed by atoms with Crippen LogP contribution in [0.25, 0.3) is 22.3 Å². The number of nitrogens with zero attached hydrogens (tertiary/aromatic N) is 1. The number of para-hydroxylation sites is 1. The fourth-order valence-electron chi connectivity index (χ4n) is 1.86. The van der Waals surface area contributed by atoms with Crippen molar-refractivity contribution in [1.29, 1.82) is 0 Å². The van der Waals surface area contributed by atoms with Crippen LogP contribution in [0.1, 0.15) is 0 Å². The van der Waals surface area contributed by atoms with E-state index in [9.17, 15) is 9.18 Å². The Bertz CT molecular complexity index is 766. The number of aromatic amines is 1. The van der Waals surface area contributed by atoms with Crippen molar-refractivity contribution in [1.82, 2.24) is 9.97 Å². The Morgan fingerprint density at radius 3 is 2.56 bits per heavy atom. The zero-order valence-electron chi connectivity index (χ0n) is 9.35. The number of nitrogens with one attached hydrogen (secondary N) is 1. The number of halogens is 1. The summed E-state index contributed by atoms with van der Waals surface area (Å²) in [6.07, 6.45) is 0. The molecule has 0 saturated carbocycles. The van der Waals surface area contributed by atoms with Gasteiger partial charge in [0, 0.05) is 5.56 Å². The van der Waals surface area contributed by atoms with Crippen molar-refractivity contribution in [3.05, 3.63) is 64.7 Å². The highest BCUT2D eigenvalue weighted by molar-refractivity contribution is 5.79. The van der Waals surface area contributed by atoms with Crippen molar-refractivity contribution in [2.24, 2.45) is 0 Å². The normalized spacial score (nSPS) is 10.7. The molecule has 0 saturated heterocycles. The molecule has 0 atom stereocenters. The Balaban J connectivity index is 2.34. The summed E-state index contributed by atoms with van der Waals surface area (Å²) in [7, 11) is 0. The number of aromatic nitrogens is 2. The molecule has 0 aliphatic carbocycles. The van der Waals surface area contributed by atoms with Gasteiger partial charge >= 0.3 is 0 Å². The van der Waals surface area contributed by atoms with Crippen LogP contribution >= 0.6 is 0 Å².